The summed E-state index contributed by atoms with van der Waals surface area (Å²) in [5.74, 6) is -0.328. The van der Waals surface area contributed by atoms with Crippen molar-refractivity contribution in [1.82, 2.24) is 9.78 Å². The lowest BCUT2D eigenvalue weighted by atomic mass is 10.2. The molecule has 7 nitrogen and oxygen atoms in total. The van der Waals surface area contributed by atoms with E-state index >= 15 is 0 Å². The van der Waals surface area contributed by atoms with Gasteiger partial charge in [0.05, 0.1) is 16.2 Å². The van der Waals surface area contributed by atoms with Gasteiger partial charge in [0.25, 0.3) is 11.6 Å². The number of carbonyl (C=O) groups is 1. The van der Waals surface area contributed by atoms with E-state index in [2.05, 4.69) is 10.4 Å². The van der Waals surface area contributed by atoms with Crippen LogP contribution in [0.1, 0.15) is 16.1 Å². The first kappa shape index (κ1) is 15.0. The number of rotatable bonds is 4. The Labute approximate surface area is 125 Å². The number of carbonyl (C=O) groups excluding carboxylic acids is 1. The average Bonchev–Trinajstić information content (AvgIpc) is 2.72. The number of aromatic nitrogens is 2. The van der Waals surface area contributed by atoms with Crippen molar-refractivity contribution in [3.8, 4) is 0 Å². The van der Waals surface area contributed by atoms with Gasteiger partial charge >= 0.3 is 0 Å². The molecular formula is C13H14N4O3S. The van der Waals surface area contributed by atoms with E-state index in [1.54, 1.807) is 24.7 Å². The Morgan fingerprint density at radius 1 is 1.48 bits per heavy atom. The number of nitrogens with zero attached hydrogens (tertiary/aromatic N) is 3. The third-order valence-corrected chi connectivity index (χ3v) is 3.76. The Morgan fingerprint density at radius 3 is 2.81 bits per heavy atom. The van der Waals surface area contributed by atoms with Crippen LogP contribution >= 0.6 is 11.8 Å². The number of hydrogen-bond acceptors (Lipinski definition) is 5. The van der Waals surface area contributed by atoms with Crippen LogP contribution in [-0.2, 0) is 7.05 Å². The van der Waals surface area contributed by atoms with Crippen LogP contribution in [0.3, 0.4) is 0 Å². The molecule has 1 aromatic carbocycles. The second-order valence-electron chi connectivity index (χ2n) is 4.35. The average molecular weight is 306 g/mol. The molecule has 0 saturated carbocycles. The number of hydrogen-bond donors (Lipinski definition) is 1. The lowest BCUT2D eigenvalue weighted by Crippen LogP contribution is -2.13. The SMILES string of the molecule is CSc1c(C(=O)Nc2cccc([N+](=O)[O-])c2)c(C)nn1C. The second kappa shape index (κ2) is 5.96. The number of thioether (sulfide) groups is 1. The van der Waals surface area contributed by atoms with E-state index in [0.717, 1.165) is 5.03 Å². The molecule has 1 heterocycles. The van der Waals surface area contributed by atoms with Crippen LogP contribution in [0.25, 0.3) is 0 Å². The normalized spacial score (nSPS) is 10.4. The lowest BCUT2D eigenvalue weighted by Gasteiger charge is -2.06. The second-order valence-corrected chi connectivity index (χ2v) is 5.15. The predicted octanol–water partition coefficient (Wildman–Crippen LogP) is 2.61. The summed E-state index contributed by atoms with van der Waals surface area (Å²) < 4.78 is 1.64. The van der Waals surface area contributed by atoms with E-state index in [1.165, 1.54) is 30.0 Å². The number of nitro groups is 1. The van der Waals surface area contributed by atoms with Gasteiger partial charge in [0.2, 0.25) is 0 Å². The van der Waals surface area contributed by atoms with Gasteiger partial charge in [-0.05, 0) is 19.2 Å². The fourth-order valence-corrected chi connectivity index (χ4v) is 2.77. The number of nitro benzene ring substituents is 1. The molecule has 1 aromatic heterocycles. The number of anilines is 1. The maximum atomic E-state index is 12.4. The van der Waals surface area contributed by atoms with Gasteiger partial charge < -0.3 is 5.32 Å². The molecule has 0 radical (unpaired) electrons. The number of nitrogens with one attached hydrogen (secondary N) is 1. The van der Waals surface area contributed by atoms with Gasteiger partial charge in [0.1, 0.15) is 5.03 Å². The molecule has 0 unspecified atom stereocenters. The van der Waals surface area contributed by atoms with Gasteiger partial charge in [-0.15, -0.1) is 11.8 Å². The van der Waals surface area contributed by atoms with E-state index in [1.807, 2.05) is 6.26 Å². The van der Waals surface area contributed by atoms with Crippen molar-refractivity contribution in [3.63, 3.8) is 0 Å². The first-order chi connectivity index (χ1) is 9.93. The zero-order valence-corrected chi connectivity index (χ0v) is 12.6. The monoisotopic (exact) mass is 306 g/mol. The Kier molecular flexibility index (Phi) is 4.27. The Hall–Kier alpha value is -2.35. The summed E-state index contributed by atoms with van der Waals surface area (Å²) in [5.41, 5.74) is 1.41. The van der Waals surface area contributed by atoms with Crippen LogP contribution in [0.15, 0.2) is 29.3 Å². The van der Waals surface area contributed by atoms with Crippen LogP contribution in [0, 0.1) is 17.0 Å². The van der Waals surface area contributed by atoms with Crippen molar-refractivity contribution in [2.45, 2.75) is 11.9 Å². The summed E-state index contributed by atoms with van der Waals surface area (Å²) in [6, 6.07) is 5.83. The summed E-state index contributed by atoms with van der Waals surface area (Å²) in [6.07, 6.45) is 1.86. The summed E-state index contributed by atoms with van der Waals surface area (Å²) in [4.78, 5) is 22.6. The third kappa shape index (κ3) is 3.05. The molecule has 0 aliphatic rings. The van der Waals surface area contributed by atoms with Gasteiger partial charge in [-0.1, -0.05) is 6.07 Å². The number of benzene rings is 1. The largest absolute Gasteiger partial charge is 0.322 e. The Morgan fingerprint density at radius 2 is 2.19 bits per heavy atom. The van der Waals surface area contributed by atoms with E-state index in [9.17, 15) is 14.9 Å². The Bertz CT molecular complexity index is 711. The van der Waals surface area contributed by atoms with Gasteiger partial charge in [0.15, 0.2) is 0 Å². The molecule has 0 aliphatic carbocycles. The smallest absolute Gasteiger partial charge is 0.271 e. The highest BCUT2D eigenvalue weighted by Gasteiger charge is 2.20. The highest BCUT2D eigenvalue weighted by molar-refractivity contribution is 7.98. The molecule has 0 spiro atoms. The molecule has 21 heavy (non-hydrogen) atoms. The predicted molar refractivity (Wildman–Crippen MR) is 80.8 cm³/mol. The van der Waals surface area contributed by atoms with E-state index in [4.69, 9.17) is 0 Å². The fraction of sp³-hybridized carbons (Fsp3) is 0.231. The van der Waals surface area contributed by atoms with Crippen molar-refractivity contribution in [2.75, 3.05) is 11.6 Å². The first-order valence-corrected chi connectivity index (χ1v) is 7.30. The number of amides is 1. The van der Waals surface area contributed by atoms with Crippen molar-refractivity contribution in [3.05, 3.63) is 45.6 Å². The summed E-state index contributed by atoms with van der Waals surface area (Å²) in [5, 5.41) is 18.4. The van der Waals surface area contributed by atoms with E-state index < -0.39 is 4.92 Å². The molecular weight excluding hydrogens is 292 g/mol. The zero-order chi connectivity index (χ0) is 15.6. The van der Waals surface area contributed by atoms with Crippen molar-refractivity contribution in [2.24, 2.45) is 7.05 Å². The van der Waals surface area contributed by atoms with Crippen molar-refractivity contribution < 1.29 is 9.72 Å². The van der Waals surface area contributed by atoms with Crippen LogP contribution < -0.4 is 5.32 Å². The highest BCUT2D eigenvalue weighted by Crippen LogP contribution is 2.24. The maximum Gasteiger partial charge on any atom is 0.271 e. The minimum absolute atomic E-state index is 0.0687. The Balaban J connectivity index is 2.30. The van der Waals surface area contributed by atoms with Crippen LogP contribution in [0.4, 0.5) is 11.4 Å². The van der Waals surface area contributed by atoms with Gasteiger partial charge in [-0.2, -0.15) is 5.10 Å². The molecule has 110 valence electrons. The van der Waals surface area contributed by atoms with Crippen LogP contribution in [0.5, 0.6) is 0 Å². The minimum atomic E-state index is -0.502. The molecule has 2 aromatic rings. The van der Waals surface area contributed by atoms with E-state index in [-0.39, 0.29) is 11.6 Å². The molecule has 8 heteroatoms. The van der Waals surface area contributed by atoms with Gasteiger partial charge in [0, 0.05) is 24.9 Å². The third-order valence-electron chi connectivity index (χ3n) is 2.90. The number of non-ortho nitro benzene ring substituents is 1. The molecule has 0 saturated heterocycles. The highest BCUT2D eigenvalue weighted by atomic mass is 32.2. The van der Waals surface area contributed by atoms with Gasteiger partial charge in [-0.25, -0.2) is 0 Å². The topological polar surface area (TPSA) is 90.1 Å². The maximum absolute atomic E-state index is 12.4. The van der Waals surface area contributed by atoms with Gasteiger partial charge in [-0.3, -0.25) is 19.6 Å². The first-order valence-electron chi connectivity index (χ1n) is 6.07. The molecule has 0 fully saturated rings. The molecule has 0 aliphatic heterocycles. The summed E-state index contributed by atoms with van der Waals surface area (Å²) >= 11 is 1.42. The number of aryl methyl sites for hydroxylation is 2. The molecule has 1 amide bonds. The van der Waals surface area contributed by atoms with E-state index in [0.29, 0.717) is 16.9 Å². The standard InChI is InChI=1S/C13H14N4O3S/c1-8-11(13(21-3)16(2)15-8)12(18)14-9-5-4-6-10(7-9)17(19)20/h4-7H,1-3H3,(H,14,18). The molecule has 1 N–H and O–H groups in total. The van der Waals surface area contributed by atoms with Crippen LogP contribution in [-0.4, -0.2) is 26.9 Å². The molecule has 0 atom stereocenters. The van der Waals surface area contributed by atoms with Crippen molar-refractivity contribution >= 4 is 29.0 Å². The lowest BCUT2D eigenvalue weighted by molar-refractivity contribution is -0.384. The van der Waals surface area contributed by atoms with Crippen LogP contribution in [0.2, 0.25) is 0 Å². The summed E-state index contributed by atoms with van der Waals surface area (Å²) in [6.45, 7) is 1.75. The molecule has 2 rings (SSSR count). The minimum Gasteiger partial charge on any atom is -0.322 e. The zero-order valence-electron chi connectivity index (χ0n) is 11.8. The fourth-order valence-electron chi connectivity index (χ4n) is 2.02. The quantitative estimate of drug-likeness (QED) is 0.532. The van der Waals surface area contributed by atoms with Crippen molar-refractivity contribution in [1.29, 1.82) is 0 Å². The molecule has 0 bridgehead atoms. The summed E-state index contributed by atoms with van der Waals surface area (Å²) in [7, 11) is 1.77.